The fourth-order valence-electron chi connectivity index (χ4n) is 3.13. The molecule has 0 unspecified atom stereocenters. The van der Waals surface area contributed by atoms with Crippen LogP contribution in [0.5, 0.6) is 17.2 Å². The highest BCUT2D eigenvalue weighted by molar-refractivity contribution is 5.97. The third-order valence-corrected chi connectivity index (χ3v) is 4.80. The Morgan fingerprint density at radius 1 is 0.968 bits per heavy atom. The number of carbonyl (C=O) groups is 1. The number of para-hydroxylation sites is 1. The number of hydrogen-bond acceptors (Lipinski definition) is 5. The molecule has 168 valence electrons. The number of benzene rings is 2. The molecule has 2 rings (SSSR count). The van der Waals surface area contributed by atoms with Gasteiger partial charge in [-0.15, -0.1) is 0 Å². The van der Waals surface area contributed by atoms with Crippen molar-refractivity contribution in [2.24, 2.45) is 5.10 Å². The molecule has 0 radical (unpaired) electrons. The molecule has 1 amide bonds. The zero-order chi connectivity index (χ0) is 22.3. The van der Waals surface area contributed by atoms with Gasteiger partial charge in [0.1, 0.15) is 5.75 Å². The van der Waals surface area contributed by atoms with Crippen molar-refractivity contribution in [3.8, 4) is 17.2 Å². The molecule has 6 heteroatoms. The van der Waals surface area contributed by atoms with E-state index in [0.717, 1.165) is 12.0 Å². The molecule has 0 bridgehead atoms. The lowest BCUT2D eigenvalue weighted by Crippen LogP contribution is -2.17. The van der Waals surface area contributed by atoms with E-state index in [1.165, 1.54) is 56.9 Å². The second-order valence-electron chi connectivity index (χ2n) is 7.33. The van der Waals surface area contributed by atoms with Crippen LogP contribution in [0.4, 0.5) is 0 Å². The van der Waals surface area contributed by atoms with E-state index in [0.29, 0.717) is 24.7 Å². The lowest BCUT2D eigenvalue weighted by atomic mass is 10.1. The van der Waals surface area contributed by atoms with Crippen LogP contribution in [0, 0.1) is 0 Å². The van der Waals surface area contributed by atoms with Gasteiger partial charge in [-0.3, -0.25) is 4.79 Å². The Bertz CT molecular complexity index is 836. The molecule has 2 N–H and O–H groups in total. The van der Waals surface area contributed by atoms with Crippen molar-refractivity contribution in [2.75, 3.05) is 13.2 Å². The van der Waals surface area contributed by atoms with Crippen LogP contribution in [-0.2, 0) is 0 Å². The van der Waals surface area contributed by atoms with Gasteiger partial charge in [0.15, 0.2) is 11.5 Å². The van der Waals surface area contributed by atoms with Crippen LogP contribution in [0.3, 0.4) is 0 Å². The van der Waals surface area contributed by atoms with Crippen LogP contribution in [0.15, 0.2) is 47.6 Å². The van der Waals surface area contributed by atoms with Gasteiger partial charge in [-0.05, 0) is 49.2 Å². The van der Waals surface area contributed by atoms with Gasteiger partial charge in [0.2, 0.25) is 0 Å². The number of unbranched alkanes of at least 4 members (excludes halogenated alkanes) is 6. The number of nitrogens with one attached hydrogen (secondary N) is 1. The Morgan fingerprint density at radius 3 is 2.45 bits per heavy atom. The predicted molar refractivity (Wildman–Crippen MR) is 124 cm³/mol. The number of phenolic OH excluding ortho intramolecular Hbond substituents is 1. The third-order valence-electron chi connectivity index (χ3n) is 4.80. The number of aromatic hydroxyl groups is 1. The molecule has 0 heterocycles. The number of phenols is 1. The highest BCUT2D eigenvalue weighted by atomic mass is 16.5. The summed E-state index contributed by atoms with van der Waals surface area (Å²) in [7, 11) is 0. The summed E-state index contributed by atoms with van der Waals surface area (Å²) >= 11 is 0. The first-order chi connectivity index (χ1) is 15.2. The summed E-state index contributed by atoms with van der Waals surface area (Å²) in [5.41, 5.74) is 3.36. The third kappa shape index (κ3) is 8.70. The van der Waals surface area contributed by atoms with Gasteiger partial charge in [0, 0.05) is 0 Å². The summed E-state index contributed by atoms with van der Waals surface area (Å²) in [6.07, 6.45) is 10.2. The molecule has 0 aliphatic carbocycles. The van der Waals surface area contributed by atoms with E-state index in [2.05, 4.69) is 17.5 Å². The van der Waals surface area contributed by atoms with Gasteiger partial charge in [0.05, 0.1) is 25.0 Å². The second kappa shape index (κ2) is 14.1. The minimum absolute atomic E-state index is 0.0868. The molecule has 31 heavy (non-hydrogen) atoms. The minimum Gasteiger partial charge on any atom is -0.507 e. The average molecular weight is 427 g/mol. The van der Waals surface area contributed by atoms with Crippen LogP contribution < -0.4 is 14.9 Å². The normalized spacial score (nSPS) is 10.9. The van der Waals surface area contributed by atoms with Crippen LogP contribution in [0.1, 0.15) is 74.7 Å². The quantitative estimate of drug-likeness (QED) is 0.231. The highest BCUT2D eigenvalue weighted by Crippen LogP contribution is 2.28. The molecule has 0 saturated carbocycles. The molecule has 2 aromatic carbocycles. The van der Waals surface area contributed by atoms with E-state index in [-0.39, 0.29) is 11.3 Å². The van der Waals surface area contributed by atoms with Crippen molar-refractivity contribution < 1.29 is 19.4 Å². The topological polar surface area (TPSA) is 80.2 Å². The minimum atomic E-state index is -0.478. The van der Waals surface area contributed by atoms with E-state index in [4.69, 9.17) is 9.47 Å². The van der Waals surface area contributed by atoms with E-state index in [1.807, 2.05) is 25.1 Å². The van der Waals surface area contributed by atoms with Gasteiger partial charge in [0.25, 0.3) is 5.91 Å². The van der Waals surface area contributed by atoms with Crippen LogP contribution in [0.25, 0.3) is 0 Å². The van der Waals surface area contributed by atoms with Crippen molar-refractivity contribution in [1.82, 2.24) is 5.43 Å². The van der Waals surface area contributed by atoms with Gasteiger partial charge < -0.3 is 14.6 Å². The van der Waals surface area contributed by atoms with Gasteiger partial charge in [-0.25, -0.2) is 5.43 Å². The second-order valence-corrected chi connectivity index (χ2v) is 7.33. The number of hydrogen-bond donors (Lipinski definition) is 2. The van der Waals surface area contributed by atoms with E-state index < -0.39 is 5.91 Å². The molecule has 0 aliphatic heterocycles. The summed E-state index contributed by atoms with van der Waals surface area (Å²) in [5.74, 6) is 0.801. The van der Waals surface area contributed by atoms with Crippen LogP contribution >= 0.6 is 0 Å². The molecular weight excluding hydrogens is 392 g/mol. The molecular formula is C25H34N2O4. The molecule has 0 aliphatic rings. The van der Waals surface area contributed by atoms with Gasteiger partial charge in [-0.1, -0.05) is 57.6 Å². The summed E-state index contributed by atoms with van der Waals surface area (Å²) in [5, 5.41) is 13.7. The lowest BCUT2D eigenvalue weighted by Gasteiger charge is -2.12. The largest absolute Gasteiger partial charge is 0.507 e. The molecule has 0 aromatic heterocycles. The fraction of sp³-hybridized carbons (Fsp3) is 0.440. The number of rotatable bonds is 14. The molecule has 0 fully saturated rings. The van der Waals surface area contributed by atoms with E-state index in [1.54, 1.807) is 12.1 Å². The number of hydrazone groups is 1. The van der Waals surface area contributed by atoms with E-state index in [9.17, 15) is 9.90 Å². The monoisotopic (exact) mass is 426 g/mol. The summed E-state index contributed by atoms with van der Waals surface area (Å²) < 4.78 is 11.6. The molecule has 0 spiro atoms. The maximum absolute atomic E-state index is 12.1. The molecule has 6 nitrogen and oxygen atoms in total. The maximum Gasteiger partial charge on any atom is 0.275 e. The van der Waals surface area contributed by atoms with Crippen molar-refractivity contribution in [1.29, 1.82) is 0 Å². The Balaban J connectivity index is 1.85. The van der Waals surface area contributed by atoms with Gasteiger partial charge >= 0.3 is 0 Å². The highest BCUT2D eigenvalue weighted by Gasteiger charge is 2.09. The predicted octanol–water partition coefficient (Wildman–Crippen LogP) is 5.68. The number of carbonyl (C=O) groups excluding carboxylic acids is 1. The van der Waals surface area contributed by atoms with Crippen molar-refractivity contribution in [3.63, 3.8) is 0 Å². The zero-order valence-corrected chi connectivity index (χ0v) is 18.6. The smallest absolute Gasteiger partial charge is 0.275 e. The zero-order valence-electron chi connectivity index (χ0n) is 18.6. The van der Waals surface area contributed by atoms with Crippen LogP contribution in [-0.4, -0.2) is 30.4 Å². The maximum atomic E-state index is 12.1. The first-order valence-corrected chi connectivity index (χ1v) is 11.2. The lowest BCUT2D eigenvalue weighted by molar-refractivity contribution is 0.0952. The Hall–Kier alpha value is -3.02. The molecule has 0 saturated heterocycles. The van der Waals surface area contributed by atoms with Gasteiger partial charge in [-0.2, -0.15) is 5.10 Å². The van der Waals surface area contributed by atoms with Crippen molar-refractivity contribution >= 4 is 12.1 Å². The Kier molecular flexibility index (Phi) is 11.0. The summed E-state index contributed by atoms with van der Waals surface area (Å²) in [4.78, 5) is 12.1. The Labute approximate surface area is 185 Å². The number of amides is 1. The number of nitrogens with zero attached hydrogens (tertiary/aromatic N) is 1. The molecule has 0 atom stereocenters. The SMILES string of the molecule is CCCCCCCCCOc1ccc(/C=N\NC(=O)c2ccccc2O)cc1OCC. The van der Waals surface area contributed by atoms with Crippen LogP contribution in [0.2, 0.25) is 0 Å². The number of ether oxygens (including phenoxy) is 2. The Morgan fingerprint density at radius 2 is 1.71 bits per heavy atom. The first kappa shape index (κ1) is 24.3. The first-order valence-electron chi connectivity index (χ1n) is 11.2. The fourth-order valence-corrected chi connectivity index (χ4v) is 3.13. The van der Waals surface area contributed by atoms with E-state index >= 15 is 0 Å². The van der Waals surface area contributed by atoms with Crippen molar-refractivity contribution in [3.05, 3.63) is 53.6 Å². The molecule has 2 aromatic rings. The van der Waals surface area contributed by atoms with Crippen molar-refractivity contribution in [2.45, 2.75) is 58.8 Å². The summed E-state index contributed by atoms with van der Waals surface area (Å²) in [6, 6.07) is 11.9. The average Bonchev–Trinajstić information content (AvgIpc) is 2.77. The summed E-state index contributed by atoms with van der Waals surface area (Å²) in [6.45, 7) is 5.34. The standard InChI is InChI=1S/C25H34N2O4/c1-3-5-6-7-8-9-12-17-31-23-16-15-20(18-24(23)30-4-2)19-26-27-25(29)21-13-10-11-14-22(21)28/h10-11,13-16,18-19,28H,3-9,12,17H2,1-2H3,(H,27,29)/b26-19-.